The summed E-state index contributed by atoms with van der Waals surface area (Å²) in [5.74, 6) is 0.916. The van der Waals surface area contributed by atoms with Crippen molar-refractivity contribution in [3.63, 3.8) is 0 Å². The highest BCUT2D eigenvalue weighted by Gasteiger charge is 2.18. The first kappa shape index (κ1) is 16.5. The maximum absolute atomic E-state index is 5.45. The molecule has 0 aliphatic carbocycles. The standard InChI is InChI=1S/C14H14Br3NOS/c1-18-11(10-7-13(16)20-14(10)17)6-8-5-9(15)3-4-12(8)19-2/h3-5,7,11,18H,6H2,1-2H3. The second-order valence-electron chi connectivity index (χ2n) is 4.28. The minimum Gasteiger partial charge on any atom is -0.496 e. The first-order chi connectivity index (χ1) is 9.55. The highest BCUT2D eigenvalue weighted by Crippen LogP contribution is 2.37. The number of halogens is 3. The quantitative estimate of drug-likeness (QED) is 0.602. The Hall–Kier alpha value is 0.120. The van der Waals surface area contributed by atoms with E-state index in [1.807, 2.05) is 19.2 Å². The largest absolute Gasteiger partial charge is 0.496 e. The van der Waals surface area contributed by atoms with Crippen LogP contribution >= 0.6 is 59.1 Å². The highest BCUT2D eigenvalue weighted by atomic mass is 79.9. The van der Waals surface area contributed by atoms with Gasteiger partial charge < -0.3 is 10.1 Å². The van der Waals surface area contributed by atoms with Gasteiger partial charge in [0, 0.05) is 10.5 Å². The Kier molecular flexibility index (Phi) is 6.10. The third-order valence-electron chi connectivity index (χ3n) is 3.07. The fraction of sp³-hybridized carbons (Fsp3) is 0.286. The predicted octanol–water partition coefficient (Wildman–Crippen LogP) is 5.55. The lowest BCUT2D eigenvalue weighted by Gasteiger charge is -2.18. The molecule has 0 radical (unpaired) electrons. The average Bonchev–Trinajstić information content (AvgIpc) is 2.75. The third-order valence-corrected chi connectivity index (χ3v) is 5.95. The molecule has 2 rings (SSSR count). The van der Waals surface area contributed by atoms with Crippen LogP contribution in [0.1, 0.15) is 17.2 Å². The van der Waals surface area contributed by atoms with Crippen LogP contribution in [0.5, 0.6) is 5.75 Å². The van der Waals surface area contributed by atoms with Crippen molar-refractivity contribution in [2.45, 2.75) is 12.5 Å². The Morgan fingerprint density at radius 2 is 2.00 bits per heavy atom. The summed E-state index contributed by atoms with van der Waals surface area (Å²) in [6, 6.07) is 8.48. The Morgan fingerprint density at radius 1 is 1.25 bits per heavy atom. The average molecular weight is 484 g/mol. The summed E-state index contributed by atoms with van der Waals surface area (Å²) < 4.78 is 8.79. The zero-order valence-electron chi connectivity index (χ0n) is 11.0. The van der Waals surface area contributed by atoms with Gasteiger partial charge in [-0.2, -0.15) is 0 Å². The molecule has 1 aromatic carbocycles. The number of rotatable bonds is 5. The molecule has 20 heavy (non-hydrogen) atoms. The molecule has 1 unspecified atom stereocenters. The minimum absolute atomic E-state index is 0.232. The molecular weight excluding hydrogens is 470 g/mol. The molecule has 1 aromatic heterocycles. The zero-order valence-corrected chi connectivity index (χ0v) is 16.6. The molecule has 1 heterocycles. The molecule has 2 nitrogen and oxygen atoms in total. The van der Waals surface area contributed by atoms with Crippen molar-refractivity contribution < 1.29 is 4.74 Å². The number of ether oxygens (including phenoxy) is 1. The molecule has 6 heteroatoms. The molecule has 1 N–H and O–H groups in total. The Labute approximate surface area is 148 Å². The van der Waals surface area contributed by atoms with Gasteiger partial charge in [0.25, 0.3) is 0 Å². The predicted molar refractivity (Wildman–Crippen MR) is 95.9 cm³/mol. The van der Waals surface area contributed by atoms with Gasteiger partial charge in [0.1, 0.15) is 5.75 Å². The van der Waals surface area contributed by atoms with Crippen molar-refractivity contribution >= 4 is 59.1 Å². The maximum atomic E-state index is 5.45. The van der Waals surface area contributed by atoms with Gasteiger partial charge in [-0.15, -0.1) is 11.3 Å². The van der Waals surface area contributed by atoms with Gasteiger partial charge in [-0.05, 0) is 80.7 Å². The van der Waals surface area contributed by atoms with Crippen molar-refractivity contribution in [3.8, 4) is 5.75 Å². The van der Waals surface area contributed by atoms with E-state index in [2.05, 4.69) is 65.2 Å². The van der Waals surface area contributed by atoms with E-state index in [1.54, 1.807) is 18.4 Å². The van der Waals surface area contributed by atoms with Gasteiger partial charge >= 0.3 is 0 Å². The van der Waals surface area contributed by atoms with Gasteiger partial charge in [-0.3, -0.25) is 0 Å². The molecule has 0 amide bonds. The van der Waals surface area contributed by atoms with Crippen molar-refractivity contribution in [2.75, 3.05) is 14.2 Å². The summed E-state index contributed by atoms with van der Waals surface area (Å²) in [4.78, 5) is 0. The second-order valence-corrected chi connectivity index (χ2v) is 8.95. The lowest BCUT2D eigenvalue weighted by atomic mass is 10.0. The molecule has 0 spiro atoms. The van der Waals surface area contributed by atoms with Crippen LogP contribution in [-0.4, -0.2) is 14.2 Å². The van der Waals surface area contributed by atoms with Crippen molar-refractivity contribution in [1.29, 1.82) is 0 Å². The van der Waals surface area contributed by atoms with E-state index < -0.39 is 0 Å². The summed E-state index contributed by atoms with van der Waals surface area (Å²) in [6.45, 7) is 0. The summed E-state index contributed by atoms with van der Waals surface area (Å²) in [7, 11) is 3.69. The number of nitrogens with one attached hydrogen (secondary N) is 1. The summed E-state index contributed by atoms with van der Waals surface area (Å²) in [5, 5.41) is 3.38. The summed E-state index contributed by atoms with van der Waals surface area (Å²) >= 11 is 12.4. The van der Waals surface area contributed by atoms with Gasteiger partial charge in [0.05, 0.1) is 14.7 Å². The first-order valence-electron chi connectivity index (χ1n) is 5.99. The van der Waals surface area contributed by atoms with Gasteiger partial charge in [0.15, 0.2) is 0 Å². The molecule has 108 valence electrons. The van der Waals surface area contributed by atoms with Crippen LogP contribution in [0, 0.1) is 0 Å². The fourth-order valence-corrected chi connectivity index (χ4v) is 5.47. The Bertz CT molecular complexity index is 600. The number of hydrogen-bond donors (Lipinski definition) is 1. The molecule has 0 saturated carbocycles. The number of hydrogen-bond acceptors (Lipinski definition) is 3. The second kappa shape index (κ2) is 7.40. The molecular formula is C14H14Br3NOS. The van der Waals surface area contributed by atoms with E-state index in [-0.39, 0.29) is 6.04 Å². The van der Waals surface area contributed by atoms with Crippen LogP contribution in [0.25, 0.3) is 0 Å². The number of likely N-dealkylation sites (N-methyl/N-ethyl adjacent to an activating group) is 1. The lowest BCUT2D eigenvalue weighted by Crippen LogP contribution is -2.19. The van der Waals surface area contributed by atoms with E-state index in [0.29, 0.717) is 0 Å². The molecule has 0 aliphatic rings. The maximum Gasteiger partial charge on any atom is 0.122 e. The number of thiophene rings is 1. The normalized spacial score (nSPS) is 12.4. The Morgan fingerprint density at radius 3 is 2.55 bits per heavy atom. The smallest absolute Gasteiger partial charge is 0.122 e. The monoisotopic (exact) mass is 481 g/mol. The number of benzene rings is 1. The van der Waals surface area contributed by atoms with E-state index in [1.165, 1.54) is 11.1 Å². The SMILES string of the molecule is CNC(Cc1cc(Br)ccc1OC)c1cc(Br)sc1Br. The lowest BCUT2D eigenvalue weighted by molar-refractivity contribution is 0.406. The van der Waals surface area contributed by atoms with Gasteiger partial charge in [-0.25, -0.2) is 0 Å². The third kappa shape index (κ3) is 3.85. The number of methoxy groups -OCH3 is 1. The minimum atomic E-state index is 0.232. The molecule has 0 aliphatic heterocycles. The first-order valence-corrected chi connectivity index (χ1v) is 9.19. The molecule has 1 atom stereocenters. The van der Waals surface area contributed by atoms with Gasteiger partial charge in [0.2, 0.25) is 0 Å². The molecule has 2 aromatic rings. The zero-order chi connectivity index (χ0) is 14.7. The van der Waals surface area contributed by atoms with Crippen LogP contribution in [0.15, 0.2) is 36.3 Å². The van der Waals surface area contributed by atoms with Crippen molar-refractivity contribution in [3.05, 3.63) is 47.4 Å². The van der Waals surface area contributed by atoms with Crippen molar-refractivity contribution in [2.24, 2.45) is 0 Å². The summed E-state index contributed by atoms with van der Waals surface area (Å²) in [5.41, 5.74) is 2.43. The van der Waals surface area contributed by atoms with E-state index in [0.717, 1.165) is 24.2 Å². The Balaban J connectivity index is 2.31. The van der Waals surface area contributed by atoms with Crippen LogP contribution in [0.4, 0.5) is 0 Å². The summed E-state index contributed by atoms with van der Waals surface area (Å²) in [6.07, 6.45) is 0.862. The molecule has 0 bridgehead atoms. The van der Waals surface area contributed by atoms with Crippen LogP contribution < -0.4 is 10.1 Å². The highest BCUT2D eigenvalue weighted by molar-refractivity contribution is 9.12. The fourth-order valence-electron chi connectivity index (χ4n) is 2.08. The van der Waals surface area contributed by atoms with E-state index >= 15 is 0 Å². The van der Waals surface area contributed by atoms with Crippen LogP contribution in [0.2, 0.25) is 0 Å². The molecule has 0 saturated heterocycles. The topological polar surface area (TPSA) is 21.3 Å². The van der Waals surface area contributed by atoms with Crippen molar-refractivity contribution in [1.82, 2.24) is 5.32 Å². The van der Waals surface area contributed by atoms with Crippen LogP contribution in [0.3, 0.4) is 0 Å². The van der Waals surface area contributed by atoms with E-state index in [9.17, 15) is 0 Å². The van der Waals surface area contributed by atoms with Crippen LogP contribution in [-0.2, 0) is 6.42 Å². The van der Waals surface area contributed by atoms with E-state index in [4.69, 9.17) is 4.74 Å². The molecule has 0 fully saturated rings. The van der Waals surface area contributed by atoms with Gasteiger partial charge in [-0.1, -0.05) is 15.9 Å².